The molecule has 0 aliphatic heterocycles. The number of halogens is 1. The van der Waals surface area contributed by atoms with Gasteiger partial charge in [-0.05, 0) is 42.5 Å². The Balaban J connectivity index is 1.47. The Labute approximate surface area is 201 Å². The third-order valence-electron chi connectivity index (χ3n) is 5.39. The monoisotopic (exact) mass is 491 g/mol. The predicted octanol–water partition coefficient (Wildman–Crippen LogP) is 4.23. The maximum absolute atomic E-state index is 12.2. The van der Waals surface area contributed by atoms with Gasteiger partial charge in [-0.3, -0.25) is 0 Å². The molecule has 33 heavy (non-hydrogen) atoms. The number of carbonyl (C=O) groups excluding carboxylic acids is 1. The molecular weight excluding hydrogens is 461 g/mol. The number of alkyl carbamates (subject to hydrolysis) is 1. The zero-order valence-corrected chi connectivity index (χ0v) is 21.3. The first-order chi connectivity index (χ1) is 15.6. The summed E-state index contributed by atoms with van der Waals surface area (Å²) in [5.41, 5.74) is 10.3. The molecule has 1 aromatic carbocycles. The number of benzene rings is 1. The van der Waals surface area contributed by atoms with Crippen LogP contribution in [0.5, 0.6) is 0 Å². The molecule has 2 heterocycles. The van der Waals surface area contributed by atoms with Crippen LogP contribution in [0, 0.1) is 6.92 Å². The van der Waals surface area contributed by atoms with Crippen LogP contribution in [0.15, 0.2) is 18.5 Å². The van der Waals surface area contributed by atoms with E-state index in [1.165, 1.54) is 5.56 Å². The molecule has 3 rings (SSSR count). The molecule has 0 bridgehead atoms. The van der Waals surface area contributed by atoms with Crippen LogP contribution in [0.3, 0.4) is 0 Å². The lowest BCUT2D eigenvalue weighted by molar-refractivity contribution is 0.143. The van der Waals surface area contributed by atoms with E-state index in [9.17, 15) is 4.79 Å². The number of imidazole rings is 1. The molecule has 4 N–H and O–H groups in total. The van der Waals surface area contributed by atoms with Gasteiger partial charge >= 0.3 is 6.09 Å². The van der Waals surface area contributed by atoms with E-state index in [-0.39, 0.29) is 5.16 Å². The van der Waals surface area contributed by atoms with E-state index in [2.05, 4.69) is 48.7 Å². The summed E-state index contributed by atoms with van der Waals surface area (Å²) in [5, 5.41) is 6.23. The maximum Gasteiger partial charge on any atom is 0.407 e. The van der Waals surface area contributed by atoms with E-state index >= 15 is 0 Å². The first kappa shape index (κ1) is 25.0. The molecule has 0 saturated heterocycles. The number of aromatic nitrogens is 4. The smallest absolute Gasteiger partial charge is 0.407 e. The van der Waals surface area contributed by atoms with E-state index in [1.54, 1.807) is 13.4 Å². The fourth-order valence-corrected chi connectivity index (χ4v) is 4.23. The molecule has 9 nitrogen and oxygen atoms in total. The molecule has 2 aromatic heterocycles. The van der Waals surface area contributed by atoms with Crippen LogP contribution in [0.2, 0.25) is 5.02 Å². The van der Waals surface area contributed by atoms with Crippen molar-refractivity contribution in [3.05, 3.63) is 40.2 Å². The van der Waals surface area contributed by atoms with Gasteiger partial charge in [0.15, 0.2) is 11.5 Å². The number of aryl methyl sites for hydroxylation is 1. The van der Waals surface area contributed by atoms with Crippen LogP contribution >= 0.6 is 20.8 Å². The number of anilines is 2. The number of unbranched alkanes of at least 4 members (excludes halogenated alkanes) is 1. The Bertz CT molecular complexity index is 1140. The Kier molecular flexibility index (Phi) is 7.97. The van der Waals surface area contributed by atoms with Crippen molar-refractivity contribution in [3.63, 3.8) is 0 Å². The number of nitrogens with one attached hydrogen (secondary N) is 2. The molecule has 3 aromatic rings. The highest BCUT2D eigenvalue weighted by molar-refractivity contribution is 7.18. The molecule has 11 heteroatoms. The molecule has 1 amide bonds. The van der Waals surface area contributed by atoms with Crippen LogP contribution < -0.4 is 16.4 Å². The summed E-state index contributed by atoms with van der Waals surface area (Å²) in [6.45, 7) is 7.55. The molecule has 0 fully saturated rings. The number of hydrogen-bond donors (Lipinski definition) is 3. The highest BCUT2D eigenvalue weighted by atomic mass is 35.5. The summed E-state index contributed by atoms with van der Waals surface area (Å²) in [5.74, 6) is 0.786. The average molecular weight is 492 g/mol. The third kappa shape index (κ3) is 6.03. The summed E-state index contributed by atoms with van der Waals surface area (Å²) < 4.78 is 7.24. The van der Waals surface area contributed by atoms with Crippen molar-refractivity contribution in [3.8, 4) is 0 Å². The first-order valence-corrected chi connectivity index (χ1v) is 11.7. The summed E-state index contributed by atoms with van der Waals surface area (Å²) >= 11 is 6.37. The second kappa shape index (κ2) is 10.5. The number of rotatable bonds is 9. The maximum atomic E-state index is 12.2. The number of nitrogens with zero attached hydrogens (tertiary/aromatic N) is 4. The lowest BCUT2D eigenvalue weighted by atomic mass is 9.93. The Hall–Kier alpha value is -2.64. The van der Waals surface area contributed by atoms with Crippen LogP contribution in [0.4, 0.5) is 16.6 Å². The highest BCUT2D eigenvalue weighted by Crippen LogP contribution is 2.35. The summed E-state index contributed by atoms with van der Waals surface area (Å²) in [6, 6.07) is 3.89. The molecule has 178 valence electrons. The predicted molar refractivity (Wildman–Crippen MR) is 136 cm³/mol. The molecule has 0 aliphatic rings. The third-order valence-corrected chi connectivity index (χ3v) is 6.05. The normalized spacial score (nSPS) is 11.6. The Morgan fingerprint density at radius 2 is 2.06 bits per heavy atom. The minimum absolute atomic E-state index is 0.0864. The number of ether oxygens (including phenoxy) is 1. The number of carbonyl (C=O) groups is 1. The summed E-state index contributed by atoms with van der Waals surface area (Å²) in [7, 11) is 4.57. The van der Waals surface area contributed by atoms with Crippen molar-refractivity contribution in [2.45, 2.75) is 51.9 Å². The van der Waals surface area contributed by atoms with Gasteiger partial charge in [-0.15, -0.1) is 9.24 Å². The van der Waals surface area contributed by atoms with E-state index < -0.39 is 6.09 Å². The van der Waals surface area contributed by atoms with E-state index in [1.807, 2.05) is 23.6 Å². The van der Waals surface area contributed by atoms with Crippen molar-refractivity contribution < 1.29 is 9.53 Å². The van der Waals surface area contributed by atoms with Crippen LogP contribution in [-0.4, -0.2) is 39.3 Å². The van der Waals surface area contributed by atoms with Crippen molar-refractivity contribution >= 4 is 49.9 Å². The van der Waals surface area contributed by atoms with Gasteiger partial charge in [-0.25, -0.2) is 9.78 Å². The molecule has 0 spiro atoms. The number of fused-ring (bicyclic) bond motifs is 1. The largest absolute Gasteiger partial charge is 0.450 e. The number of nitrogens with two attached hydrogens (primary N) is 1. The van der Waals surface area contributed by atoms with Crippen molar-refractivity contribution in [1.82, 2.24) is 24.8 Å². The molecular formula is C22H31ClN7O2P. The van der Waals surface area contributed by atoms with Gasteiger partial charge in [0.1, 0.15) is 5.52 Å². The van der Waals surface area contributed by atoms with E-state index in [4.69, 9.17) is 22.1 Å². The van der Waals surface area contributed by atoms with Crippen molar-refractivity contribution in [2.75, 3.05) is 24.7 Å². The van der Waals surface area contributed by atoms with Crippen molar-refractivity contribution in [1.29, 1.82) is 0 Å². The van der Waals surface area contributed by atoms with E-state index in [0.29, 0.717) is 54.1 Å². The van der Waals surface area contributed by atoms with Gasteiger partial charge in [-0.1, -0.05) is 31.5 Å². The number of amides is 1. The molecule has 1 unspecified atom stereocenters. The fraction of sp³-hybridized carbons (Fsp3) is 0.455. The first-order valence-electron chi connectivity index (χ1n) is 10.8. The van der Waals surface area contributed by atoms with Gasteiger partial charge in [-0.2, -0.15) is 9.97 Å². The Morgan fingerprint density at radius 3 is 2.76 bits per heavy atom. The van der Waals surface area contributed by atoms with Crippen molar-refractivity contribution in [2.24, 2.45) is 0 Å². The Morgan fingerprint density at radius 1 is 1.30 bits per heavy atom. The van der Waals surface area contributed by atoms with Crippen LogP contribution in [0.1, 0.15) is 43.4 Å². The fourth-order valence-electron chi connectivity index (χ4n) is 3.64. The lowest BCUT2D eigenvalue weighted by Crippen LogP contribution is -2.25. The highest BCUT2D eigenvalue weighted by Gasteiger charge is 2.20. The summed E-state index contributed by atoms with van der Waals surface area (Å²) in [6.07, 6.45) is 2.71. The van der Waals surface area contributed by atoms with Gasteiger partial charge < -0.3 is 25.7 Å². The second-order valence-corrected chi connectivity index (χ2v) is 10.3. The second-order valence-electron chi connectivity index (χ2n) is 8.41. The van der Waals surface area contributed by atoms with Gasteiger partial charge in [0.05, 0.1) is 12.9 Å². The minimum atomic E-state index is -0.465. The van der Waals surface area contributed by atoms with Crippen LogP contribution in [-0.2, 0) is 23.0 Å². The number of hydrogen-bond acceptors (Lipinski definition) is 7. The van der Waals surface area contributed by atoms with Crippen LogP contribution in [0.25, 0.3) is 11.2 Å². The standard InChI is InChI=1S/C22H31ClN7O2P/c1-13-14(16(23)8-7-15(13)22(2,3)33)11-26-21(31)32-10-6-5-9-30-12-27-17-18(24)28-20(25-4)29-19(17)30/h7-8,12H,5-6,9-11,33H2,1-4H3,(H,26,31)(H3,24,25,28,29). The van der Waals surface area contributed by atoms with E-state index in [0.717, 1.165) is 17.5 Å². The summed E-state index contributed by atoms with van der Waals surface area (Å²) in [4.78, 5) is 25.0. The molecule has 0 saturated carbocycles. The number of nitrogen functional groups attached to an aromatic ring is 1. The van der Waals surface area contributed by atoms with Gasteiger partial charge in [0.2, 0.25) is 5.95 Å². The molecule has 0 aliphatic carbocycles. The minimum Gasteiger partial charge on any atom is -0.450 e. The zero-order valence-electron chi connectivity index (χ0n) is 19.4. The lowest BCUT2D eigenvalue weighted by Gasteiger charge is -2.24. The van der Waals surface area contributed by atoms with Gasteiger partial charge in [0, 0.05) is 30.3 Å². The average Bonchev–Trinajstić information content (AvgIpc) is 3.15. The SMILES string of the molecule is CNc1nc(N)c2ncn(CCCCOC(=O)NCc3c(Cl)ccc(C(C)(C)P)c3C)c2n1. The topological polar surface area (TPSA) is 120 Å². The zero-order chi connectivity index (χ0) is 24.2. The quantitative estimate of drug-likeness (QED) is 0.302. The molecule has 0 radical (unpaired) electrons. The van der Waals surface area contributed by atoms with Gasteiger partial charge in [0.25, 0.3) is 0 Å². The molecule has 1 atom stereocenters.